The second-order valence-corrected chi connectivity index (χ2v) is 9.23. The number of imidazole rings is 1. The zero-order valence-corrected chi connectivity index (χ0v) is 19.7. The fraction of sp³-hybridized carbons (Fsp3) is 0.560. The largest absolute Gasteiger partial charge is 0.396 e. The van der Waals surface area contributed by atoms with Gasteiger partial charge in [-0.2, -0.15) is 9.97 Å². The van der Waals surface area contributed by atoms with E-state index >= 15 is 0 Å². The lowest BCUT2D eigenvalue weighted by Gasteiger charge is -2.26. The molecule has 0 unspecified atom stereocenters. The van der Waals surface area contributed by atoms with Crippen LogP contribution in [-0.2, 0) is 11.3 Å². The van der Waals surface area contributed by atoms with Crippen LogP contribution in [0, 0.1) is 0 Å². The summed E-state index contributed by atoms with van der Waals surface area (Å²) in [6.45, 7) is 5.36. The van der Waals surface area contributed by atoms with E-state index in [1.165, 1.54) is 31.2 Å². The predicted octanol–water partition coefficient (Wildman–Crippen LogP) is 3.70. The van der Waals surface area contributed by atoms with Crippen molar-refractivity contribution >= 4 is 28.6 Å². The van der Waals surface area contributed by atoms with E-state index in [4.69, 9.17) is 24.8 Å². The van der Waals surface area contributed by atoms with Gasteiger partial charge in [0.15, 0.2) is 17.0 Å². The highest BCUT2D eigenvalue weighted by Gasteiger charge is 2.22. The average molecular weight is 466 g/mol. The van der Waals surface area contributed by atoms with Crippen LogP contribution in [0.4, 0.5) is 17.5 Å². The lowest BCUT2D eigenvalue weighted by atomic mass is 10.2. The van der Waals surface area contributed by atoms with E-state index in [-0.39, 0.29) is 6.61 Å². The van der Waals surface area contributed by atoms with Crippen molar-refractivity contribution in [3.05, 3.63) is 36.2 Å². The Balaban J connectivity index is 1.40. The molecule has 1 aliphatic carbocycles. The fourth-order valence-corrected chi connectivity index (χ4v) is 4.87. The standard InChI is InChI=1S/C25H35N7O2/c33-13-4-3-10-26-25-29-23(22-24(30-25)32(18-27-22)21-8-1-2-9-21)28-20-7-5-6-19(16-20)17-31-11-14-34-15-12-31/h5-7,16,18,21,33H,1-4,8-15,17H2,(H2,26,28,29,30). The molecule has 2 fully saturated rings. The molecule has 9 heteroatoms. The second kappa shape index (κ2) is 11.1. The number of hydrogen-bond donors (Lipinski definition) is 3. The van der Waals surface area contributed by atoms with Gasteiger partial charge < -0.3 is 25.0 Å². The van der Waals surface area contributed by atoms with Gasteiger partial charge in [0.2, 0.25) is 5.95 Å². The molecule has 9 nitrogen and oxygen atoms in total. The average Bonchev–Trinajstić information content (AvgIpc) is 3.53. The minimum Gasteiger partial charge on any atom is -0.396 e. The number of aromatic nitrogens is 4. The van der Waals surface area contributed by atoms with Gasteiger partial charge in [0, 0.05) is 44.5 Å². The summed E-state index contributed by atoms with van der Waals surface area (Å²) in [5.74, 6) is 1.31. The fourth-order valence-electron chi connectivity index (χ4n) is 4.87. The molecule has 1 saturated heterocycles. The molecular formula is C25H35N7O2. The lowest BCUT2D eigenvalue weighted by Crippen LogP contribution is -2.35. The van der Waals surface area contributed by atoms with Gasteiger partial charge in [0.05, 0.1) is 19.5 Å². The molecule has 2 aromatic heterocycles. The molecule has 0 amide bonds. The summed E-state index contributed by atoms with van der Waals surface area (Å²) in [6.07, 6.45) is 8.39. The van der Waals surface area contributed by atoms with Crippen LogP contribution in [-0.4, -0.2) is 69.0 Å². The van der Waals surface area contributed by atoms with E-state index in [0.29, 0.717) is 12.0 Å². The molecule has 1 aliphatic heterocycles. The van der Waals surface area contributed by atoms with E-state index in [2.05, 4.69) is 44.4 Å². The van der Waals surface area contributed by atoms with Crippen molar-refractivity contribution in [3.63, 3.8) is 0 Å². The summed E-state index contributed by atoms with van der Waals surface area (Å²) in [4.78, 5) is 16.8. The number of fused-ring (bicyclic) bond motifs is 1. The maximum absolute atomic E-state index is 9.08. The summed E-state index contributed by atoms with van der Waals surface area (Å²) in [5, 5.41) is 15.9. The predicted molar refractivity (Wildman–Crippen MR) is 133 cm³/mol. The maximum atomic E-state index is 9.08. The first-order chi connectivity index (χ1) is 16.8. The molecule has 182 valence electrons. The van der Waals surface area contributed by atoms with E-state index in [1.807, 2.05) is 6.33 Å². The Labute approximate surface area is 200 Å². The number of nitrogens with one attached hydrogen (secondary N) is 2. The highest BCUT2D eigenvalue weighted by molar-refractivity contribution is 5.86. The molecule has 0 spiro atoms. The van der Waals surface area contributed by atoms with Crippen LogP contribution in [0.15, 0.2) is 30.6 Å². The molecule has 1 aromatic carbocycles. The van der Waals surface area contributed by atoms with Gasteiger partial charge in [-0.1, -0.05) is 25.0 Å². The van der Waals surface area contributed by atoms with Crippen LogP contribution in [0.3, 0.4) is 0 Å². The Hall–Kier alpha value is -2.75. The summed E-state index contributed by atoms with van der Waals surface area (Å²) >= 11 is 0. The van der Waals surface area contributed by atoms with Crippen molar-refractivity contribution in [2.75, 3.05) is 50.1 Å². The smallest absolute Gasteiger partial charge is 0.226 e. The van der Waals surface area contributed by atoms with Crippen LogP contribution in [0.2, 0.25) is 0 Å². The Bertz CT molecular complexity index is 1070. The van der Waals surface area contributed by atoms with Crippen molar-refractivity contribution in [1.29, 1.82) is 0 Å². The number of morpholine rings is 1. The van der Waals surface area contributed by atoms with Crippen molar-refractivity contribution < 1.29 is 9.84 Å². The quantitative estimate of drug-likeness (QED) is 0.390. The van der Waals surface area contributed by atoms with Gasteiger partial charge in [-0.3, -0.25) is 4.90 Å². The van der Waals surface area contributed by atoms with E-state index in [0.717, 1.165) is 74.9 Å². The summed E-state index contributed by atoms with van der Waals surface area (Å²) < 4.78 is 7.70. The van der Waals surface area contributed by atoms with E-state index in [1.54, 1.807) is 0 Å². The summed E-state index contributed by atoms with van der Waals surface area (Å²) in [6, 6.07) is 8.96. The van der Waals surface area contributed by atoms with Gasteiger partial charge in [-0.05, 0) is 43.4 Å². The first-order valence-electron chi connectivity index (χ1n) is 12.6. The number of rotatable bonds is 10. The van der Waals surface area contributed by atoms with E-state index in [9.17, 15) is 0 Å². The number of aliphatic hydroxyl groups excluding tert-OH is 1. The molecule has 0 atom stereocenters. The molecule has 2 aliphatic rings. The van der Waals surface area contributed by atoms with Crippen LogP contribution in [0.5, 0.6) is 0 Å². The zero-order chi connectivity index (χ0) is 23.2. The maximum Gasteiger partial charge on any atom is 0.226 e. The lowest BCUT2D eigenvalue weighted by molar-refractivity contribution is 0.0342. The zero-order valence-electron chi connectivity index (χ0n) is 19.7. The van der Waals surface area contributed by atoms with Crippen LogP contribution in [0.1, 0.15) is 50.1 Å². The number of hydrogen-bond acceptors (Lipinski definition) is 8. The van der Waals surface area contributed by atoms with Gasteiger partial charge in [-0.25, -0.2) is 4.98 Å². The van der Waals surface area contributed by atoms with Crippen molar-refractivity contribution in [1.82, 2.24) is 24.4 Å². The number of aliphatic hydroxyl groups is 1. The van der Waals surface area contributed by atoms with Crippen molar-refractivity contribution in [3.8, 4) is 0 Å². The number of anilines is 3. The molecule has 3 heterocycles. The van der Waals surface area contributed by atoms with Crippen molar-refractivity contribution in [2.45, 2.75) is 51.1 Å². The monoisotopic (exact) mass is 465 g/mol. The SMILES string of the molecule is OCCCCNc1nc(Nc2cccc(CN3CCOCC3)c2)c2ncn(C3CCCC3)c2n1. The first kappa shape index (κ1) is 23.0. The number of ether oxygens (including phenoxy) is 1. The third kappa shape index (κ3) is 5.48. The van der Waals surface area contributed by atoms with E-state index < -0.39 is 0 Å². The molecule has 3 N–H and O–H groups in total. The number of unbranched alkanes of at least 4 members (excludes halogenated alkanes) is 1. The highest BCUT2D eigenvalue weighted by atomic mass is 16.5. The molecular weight excluding hydrogens is 430 g/mol. The Morgan fingerprint density at radius 2 is 1.94 bits per heavy atom. The summed E-state index contributed by atoms with van der Waals surface area (Å²) in [5.41, 5.74) is 3.92. The first-order valence-corrected chi connectivity index (χ1v) is 12.6. The number of benzene rings is 1. The third-order valence-electron chi connectivity index (χ3n) is 6.71. The van der Waals surface area contributed by atoms with Gasteiger partial charge >= 0.3 is 0 Å². The Morgan fingerprint density at radius 3 is 2.76 bits per heavy atom. The van der Waals surface area contributed by atoms with Crippen LogP contribution >= 0.6 is 0 Å². The molecule has 5 rings (SSSR count). The molecule has 0 radical (unpaired) electrons. The van der Waals surface area contributed by atoms with Gasteiger partial charge in [-0.15, -0.1) is 0 Å². The highest BCUT2D eigenvalue weighted by Crippen LogP contribution is 2.33. The number of nitrogens with zero attached hydrogens (tertiary/aromatic N) is 5. The molecule has 0 bridgehead atoms. The molecule has 34 heavy (non-hydrogen) atoms. The Morgan fingerprint density at radius 1 is 1.09 bits per heavy atom. The minimum absolute atomic E-state index is 0.198. The Kier molecular flexibility index (Phi) is 7.52. The van der Waals surface area contributed by atoms with Crippen molar-refractivity contribution in [2.24, 2.45) is 0 Å². The summed E-state index contributed by atoms with van der Waals surface area (Å²) in [7, 11) is 0. The van der Waals surface area contributed by atoms with Crippen LogP contribution < -0.4 is 10.6 Å². The van der Waals surface area contributed by atoms with Gasteiger partial charge in [0.25, 0.3) is 0 Å². The topological polar surface area (TPSA) is 100 Å². The van der Waals surface area contributed by atoms with Crippen LogP contribution in [0.25, 0.3) is 11.2 Å². The molecule has 3 aromatic rings. The normalized spacial score (nSPS) is 17.4. The molecule has 1 saturated carbocycles. The minimum atomic E-state index is 0.198. The second-order valence-electron chi connectivity index (χ2n) is 9.23. The third-order valence-corrected chi connectivity index (χ3v) is 6.71. The van der Waals surface area contributed by atoms with Gasteiger partial charge in [0.1, 0.15) is 0 Å².